The lowest BCUT2D eigenvalue weighted by Gasteiger charge is -2.03. The lowest BCUT2D eigenvalue weighted by Crippen LogP contribution is -1.93. The van der Waals surface area contributed by atoms with Crippen LogP contribution in [0, 0.1) is 11.3 Å². The SMILES string of the molecule is CC(C)c1cc(C#N)c(Cl)cn1. The minimum Gasteiger partial charge on any atom is -0.259 e. The second-order valence-corrected chi connectivity index (χ2v) is 3.26. The van der Waals surface area contributed by atoms with Crippen LogP contribution in [0.1, 0.15) is 31.0 Å². The van der Waals surface area contributed by atoms with Gasteiger partial charge in [0.15, 0.2) is 0 Å². The van der Waals surface area contributed by atoms with E-state index in [1.165, 1.54) is 6.20 Å². The minimum atomic E-state index is 0.328. The maximum Gasteiger partial charge on any atom is 0.101 e. The number of hydrogen-bond donors (Lipinski definition) is 0. The van der Waals surface area contributed by atoms with Crippen molar-refractivity contribution in [3.8, 4) is 6.07 Å². The molecule has 0 aliphatic carbocycles. The van der Waals surface area contributed by atoms with Crippen LogP contribution in [0.3, 0.4) is 0 Å². The molecule has 1 heterocycles. The zero-order valence-corrected chi connectivity index (χ0v) is 7.76. The largest absolute Gasteiger partial charge is 0.259 e. The van der Waals surface area contributed by atoms with Crippen molar-refractivity contribution in [3.05, 3.63) is 28.5 Å². The Labute approximate surface area is 76.8 Å². The van der Waals surface area contributed by atoms with Gasteiger partial charge in [0.1, 0.15) is 6.07 Å². The fourth-order valence-corrected chi connectivity index (χ4v) is 1.00. The van der Waals surface area contributed by atoms with E-state index < -0.39 is 0 Å². The van der Waals surface area contributed by atoms with Crippen molar-refractivity contribution in [2.45, 2.75) is 19.8 Å². The van der Waals surface area contributed by atoms with Crippen molar-refractivity contribution < 1.29 is 0 Å². The van der Waals surface area contributed by atoms with E-state index >= 15 is 0 Å². The van der Waals surface area contributed by atoms with Crippen molar-refractivity contribution in [2.24, 2.45) is 0 Å². The molecule has 1 rings (SSSR count). The van der Waals surface area contributed by atoms with Crippen LogP contribution in [-0.2, 0) is 0 Å². The molecule has 0 N–H and O–H groups in total. The smallest absolute Gasteiger partial charge is 0.101 e. The van der Waals surface area contributed by atoms with Crippen LogP contribution in [0.15, 0.2) is 12.3 Å². The van der Waals surface area contributed by atoms with Gasteiger partial charge in [0.25, 0.3) is 0 Å². The number of nitriles is 1. The number of pyridine rings is 1. The van der Waals surface area contributed by atoms with Crippen LogP contribution in [0.5, 0.6) is 0 Å². The Hall–Kier alpha value is -1.07. The molecule has 0 radical (unpaired) electrons. The van der Waals surface area contributed by atoms with E-state index in [9.17, 15) is 0 Å². The van der Waals surface area contributed by atoms with Gasteiger partial charge in [0.2, 0.25) is 0 Å². The van der Waals surface area contributed by atoms with Gasteiger partial charge < -0.3 is 0 Å². The van der Waals surface area contributed by atoms with Crippen LogP contribution >= 0.6 is 11.6 Å². The van der Waals surface area contributed by atoms with E-state index in [2.05, 4.69) is 4.98 Å². The molecule has 0 aliphatic rings. The normalized spacial score (nSPS) is 9.92. The summed E-state index contributed by atoms with van der Waals surface area (Å²) in [4.78, 5) is 4.10. The summed E-state index contributed by atoms with van der Waals surface area (Å²) in [6.45, 7) is 4.05. The van der Waals surface area contributed by atoms with Gasteiger partial charge in [-0.1, -0.05) is 25.4 Å². The van der Waals surface area contributed by atoms with E-state index in [4.69, 9.17) is 16.9 Å². The lowest BCUT2D eigenvalue weighted by molar-refractivity contribution is 0.822. The number of hydrogen-bond acceptors (Lipinski definition) is 2. The zero-order chi connectivity index (χ0) is 9.14. The molecular formula is C9H9ClN2. The summed E-state index contributed by atoms with van der Waals surface area (Å²) >= 11 is 5.72. The number of halogens is 1. The second-order valence-electron chi connectivity index (χ2n) is 2.86. The molecule has 0 saturated carbocycles. The molecule has 1 aromatic rings. The molecule has 0 unspecified atom stereocenters. The highest BCUT2D eigenvalue weighted by Gasteiger charge is 2.04. The van der Waals surface area contributed by atoms with Gasteiger partial charge in [-0.15, -0.1) is 0 Å². The van der Waals surface area contributed by atoms with Gasteiger partial charge in [-0.2, -0.15) is 5.26 Å². The molecule has 2 nitrogen and oxygen atoms in total. The monoisotopic (exact) mass is 180 g/mol. The van der Waals surface area contributed by atoms with Gasteiger partial charge in [0, 0.05) is 11.9 Å². The average molecular weight is 181 g/mol. The zero-order valence-electron chi connectivity index (χ0n) is 7.00. The Morgan fingerprint density at radius 3 is 2.75 bits per heavy atom. The molecule has 0 fully saturated rings. The van der Waals surface area contributed by atoms with Crippen LogP contribution in [0.2, 0.25) is 5.02 Å². The molecule has 0 saturated heterocycles. The van der Waals surface area contributed by atoms with Crippen LogP contribution < -0.4 is 0 Å². The molecule has 0 aromatic carbocycles. The van der Waals surface area contributed by atoms with E-state index in [0.29, 0.717) is 16.5 Å². The van der Waals surface area contributed by atoms with Crippen LogP contribution in [0.25, 0.3) is 0 Å². The fourth-order valence-electron chi connectivity index (χ4n) is 0.856. The molecular weight excluding hydrogens is 172 g/mol. The molecule has 3 heteroatoms. The maximum absolute atomic E-state index is 8.66. The van der Waals surface area contributed by atoms with E-state index in [1.807, 2.05) is 19.9 Å². The molecule has 0 aliphatic heterocycles. The lowest BCUT2D eigenvalue weighted by atomic mass is 10.1. The molecule has 1 aromatic heterocycles. The van der Waals surface area contributed by atoms with Crippen molar-refractivity contribution in [3.63, 3.8) is 0 Å². The summed E-state index contributed by atoms with van der Waals surface area (Å²) in [5.41, 5.74) is 1.39. The summed E-state index contributed by atoms with van der Waals surface area (Å²) < 4.78 is 0. The molecule has 12 heavy (non-hydrogen) atoms. The Kier molecular flexibility index (Phi) is 2.67. The standard InChI is InChI=1S/C9H9ClN2/c1-6(2)9-3-7(4-11)8(10)5-12-9/h3,5-6H,1-2H3. The molecule has 0 spiro atoms. The Morgan fingerprint density at radius 2 is 2.25 bits per heavy atom. The van der Waals surface area contributed by atoms with Gasteiger partial charge in [-0.25, -0.2) is 0 Å². The third-order valence-electron chi connectivity index (χ3n) is 1.59. The predicted molar refractivity (Wildman–Crippen MR) is 48.1 cm³/mol. The topological polar surface area (TPSA) is 36.7 Å². The average Bonchev–Trinajstić information content (AvgIpc) is 2.05. The van der Waals surface area contributed by atoms with Crippen molar-refractivity contribution in [1.82, 2.24) is 4.98 Å². The van der Waals surface area contributed by atoms with E-state index in [-0.39, 0.29) is 0 Å². The van der Waals surface area contributed by atoms with Crippen LogP contribution in [0.4, 0.5) is 0 Å². The molecule has 62 valence electrons. The fraction of sp³-hybridized carbons (Fsp3) is 0.333. The summed E-state index contributed by atoms with van der Waals surface area (Å²) in [7, 11) is 0. The summed E-state index contributed by atoms with van der Waals surface area (Å²) in [6, 6.07) is 3.75. The predicted octanol–water partition coefficient (Wildman–Crippen LogP) is 2.73. The summed E-state index contributed by atoms with van der Waals surface area (Å²) in [5, 5.41) is 9.08. The van der Waals surface area contributed by atoms with Gasteiger partial charge in [0.05, 0.1) is 10.6 Å². The van der Waals surface area contributed by atoms with Gasteiger partial charge >= 0.3 is 0 Å². The summed E-state index contributed by atoms with van der Waals surface area (Å²) in [5.74, 6) is 0.328. The number of nitrogens with zero attached hydrogens (tertiary/aromatic N) is 2. The van der Waals surface area contributed by atoms with Gasteiger partial charge in [-0.05, 0) is 12.0 Å². The van der Waals surface area contributed by atoms with Crippen LogP contribution in [-0.4, -0.2) is 4.98 Å². The number of rotatable bonds is 1. The van der Waals surface area contributed by atoms with E-state index in [0.717, 1.165) is 5.69 Å². The highest BCUT2D eigenvalue weighted by Crippen LogP contribution is 2.18. The van der Waals surface area contributed by atoms with Crippen molar-refractivity contribution >= 4 is 11.6 Å². The highest BCUT2D eigenvalue weighted by atomic mass is 35.5. The Bertz CT molecular complexity index is 326. The van der Waals surface area contributed by atoms with E-state index in [1.54, 1.807) is 6.07 Å². The Morgan fingerprint density at radius 1 is 1.58 bits per heavy atom. The van der Waals surface area contributed by atoms with Crippen molar-refractivity contribution in [1.29, 1.82) is 5.26 Å². The first-order valence-corrected chi connectivity index (χ1v) is 4.08. The minimum absolute atomic E-state index is 0.328. The quantitative estimate of drug-likeness (QED) is 0.667. The maximum atomic E-state index is 8.66. The summed E-state index contributed by atoms with van der Waals surface area (Å²) in [6.07, 6.45) is 1.52. The second kappa shape index (κ2) is 3.55. The van der Waals surface area contributed by atoms with Crippen molar-refractivity contribution in [2.75, 3.05) is 0 Å². The molecule has 0 amide bonds. The highest BCUT2D eigenvalue weighted by molar-refractivity contribution is 6.31. The molecule has 0 atom stereocenters. The third kappa shape index (κ3) is 1.75. The first kappa shape index (κ1) is 9.02. The first-order chi connectivity index (χ1) is 5.65. The third-order valence-corrected chi connectivity index (χ3v) is 1.89. The van der Waals surface area contributed by atoms with Gasteiger partial charge in [-0.3, -0.25) is 4.98 Å². The first-order valence-electron chi connectivity index (χ1n) is 3.70. The Balaban J connectivity index is 3.16. The number of aromatic nitrogens is 1. The molecule has 0 bridgehead atoms.